The van der Waals surface area contributed by atoms with Crippen molar-refractivity contribution in [1.29, 1.82) is 0 Å². The van der Waals surface area contributed by atoms with Crippen molar-refractivity contribution in [2.75, 3.05) is 6.54 Å². The molecule has 0 saturated carbocycles. The molecule has 0 aliphatic rings. The molecule has 0 fully saturated rings. The van der Waals surface area contributed by atoms with Crippen molar-refractivity contribution in [3.8, 4) is 0 Å². The molecule has 4 aromatic rings. The van der Waals surface area contributed by atoms with Crippen molar-refractivity contribution < 1.29 is 0 Å². The minimum atomic E-state index is -0.123. The smallest absolute Gasteiger partial charge is 0.165 e. The molecule has 0 aliphatic heterocycles. The van der Waals surface area contributed by atoms with E-state index in [0.717, 1.165) is 31.8 Å². The van der Waals surface area contributed by atoms with Gasteiger partial charge in [0.1, 0.15) is 0 Å². The Kier molecular flexibility index (Phi) is 5.84. The Labute approximate surface area is 184 Å². The largest absolute Gasteiger partial charge is 0.340 e. The van der Waals surface area contributed by atoms with E-state index in [-0.39, 0.29) is 11.0 Å². The maximum Gasteiger partial charge on any atom is 0.165 e. The van der Waals surface area contributed by atoms with Gasteiger partial charge in [0.25, 0.3) is 0 Å². The van der Waals surface area contributed by atoms with Crippen LogP contribution in [0.2, 0.25) is 0 Å². The third-order valence-electron chi connectivity index (χ3n) is 5.77. The molecule has 2 aromatic heterocycles. The molecule has 2 aromatic carbocycles. The van der Waals surface area contributed by atoms with Crippen LogP contribution >= 0.6 is 0 Å². The van der Waals surface area contributed by atoms with E-state index >= 15 is 0 Å². The minimum absolute atomic E-state index is 0.123. The normalized spacial score (nSPS) is 12.8. The lowest BCUT2D eigenvalue weighted by molar-refractivity contribution is 0.190. The van der Waals surface area contributed by atoms with Crippen LogP contribution in [0.4, 0.5) is 0 Å². The maximum atomic E-state index is 4.29. The van der Waals surface area contributed by atoms with E-state index in [4.69, 9.17) is 0 Å². The van der Waals surface area contributed by atoms with E-state index in [1.807, 2.05) is 4.68 Å². The van der Waals surface area contributed by atoms with Gasteiger partial charge in [0.15, 0.2) is 5.82 Å². The average molecular weight is 419 g/mol. The third kappa shape index (κ3) is 4.64. The van der Waals surface area contributed by atoms with E-state index in [9.17, 15) is 0 Å². The first-order chi connectivity index (χ1) is 14.8. The molecule has 0 atom stereocenters. The second-order valence-electron chi connectivity index (χ2n) is 10.3. The Morgan fingerprint density at radius 3 is 2.10 bits per heavy atom. The number of rotatable bonds is 8. The van der Waals surface area contributed by atoms with Crippen molar-refractivity contribution in [1.82, 2.24) is 30.1 Å². The van der Waals surface area contributed by atoms with Crippen molar-refractivity contribution in [3.05, 3.63) is 54.4 Å². The highest BCUT2D eigenvalue weighted by Crippen LogP contribution is 2.32. The Morgan fingerprint density at radius 2 is 1.48 bits per heavy atom. The maximum absolute atomic E-state index is 4.29. The van der Waals surface area contributed by atoms with Gasteiger partial charge in [-0.1, -0.05) is 57.2 Å². The van der Waals surface area contributed by atoms with Gasteiger partial charge >= 0.3 is 0 Å². The van der Waals surface area contributed by atoms with Crippen LogP contribution in [0.1, 0.15) is 53.3 Å². The first kappa shape index (κ1) is 21.5. The summed E-state index contributed by atoms with van der Waals surface area (Å²) in [7, 11) is 0. The highest BCUT2D eigenvalue weighted by atomic mass is 15.6. The third-order valence-corrected chi connectivity index (χ3v) is 5.77. The number of para-hydroxylation sites is 2. The van der Waals surface area contributed by atoms with E-state index in [0.29, 0.717) is 6.54 Å². The zero-order valence-corrected chi connectivity index (χ0v) is 19.4. The van der Waals surface area contributed by atoms with Gasteiger partial charge in [0.2, 0.25) is 0 Å². The van der Waals surface area contributed by atoms with Crippen LogP contribution in [0.3, 0.4) is 0 Å². The zero-order valence-electron chi connectivity index (χ0n) is 19.4. The molecule has 2 heterocycles. The first-order valence-electron chi connectivity index (χ1n) is 11.2. The van der Waals surface area contributed by atoms with Crippen LogP contribution in [0, 0.1) is 5.41 Å². The van der Waals surface area contributed by atoms with Gasteiger partial charge in [-0.2, -0.15) is 0 Å². The molecule has 0 unspecified atom stereocenters. The predicted octanol–water partition coefficient (Wildman–Crippen LogP) is 5.13. The molecule has 0 spiro atoms. The van der Waals surface area contributed by atoms with Gasteiger partial charge < -0.3 is 9.88 Å². The summed E-state index contributed by atoms with van der Waals surface area (Å²) < 4.78 is 4.42. The molecular formula is C25H34N6. The number of hydrogen-bond acceptors (Lipinski definition) is 4. The lowest BCUT2D eigenvalue weighted by Crippen LogP contribution is -2.35. The summed E-state index contributed by atoms with van der Waals surface area (Å²) in [5.41, 5.74) is 2.69. The molecule has 31 heavy (non-hydrogen) atoms. The molecule has 0 saturated heterocycles. The molecule has 0 radical (unpaired) electrons. The SMILES string of the molecule is CC(C)(C)CC(C)(C)n1nnnc1CNCCCn1c2ccccc2c2ccccc21. The van der Waals surface area contributed by atoms with Crippen molar-refractivity contribution in [3.63, 3.8) is 0 Å². The molecule has 164 valence electrons. The average Bonchev–Trinajstić information content (AvgIpc) is 3.30. The second-order valence-corrected chi connectivity index (χ2v) is 10.3. The quantitative estimate of drug-likeness (QED) is 0.403. The predicted molar refractivity (Wildman–Crippen MR) is 127 cm³/mol. The van der Waals surface area contributed by atoms with Gasteiger partial charge in [0.05, 0.1) is 12.1 Å². The van der Waals surface area contributed by atoms with Crippen LogP contribution in [-0.4, -0.2) is 31.3 Å². The fourth-order valence-electron chi connectivity index (χ4n) is 4.97. The molecule has 0 amide bonds. The van der Waals surface area contributed by atoms with Crippen LogP contribution < -0.4 is 5.32 Å². The summed E-state index contributed by atoms with van der Waals surface area (Å²) >= 11 is 0. The van der Waals surface area contributed by atoms with Crippen LogP contribution in [0.15, 0.2) is 48.5 Å². The van der Waals surface area contributed by atoms with E-state index in [2.05, 4.69) is 109 Å². The molecular weight excluding hydrogens is 384 g/mol. The van der Waals surface area contributed by atoms with Gasteiger partial charge in [-0.3, -0.25) is 0 Å². The van der Waals surface area contributed by atoms with Crippen molar-refractivity contribution in [2.24, 2.45) is 5.41 Å². The van der Waals surface area contributed by atoms with Crippen LogP contribution in [0.25, 0.3) is 21.8 Å². The number of nitrogens with one attached hydrogen (secondary N) is 1. The highest BCUT2D eigenvalue weighted by Gasteiger charge is 2.30. The Balaban J connectivity index is 1.39. The highest BCUT2D eigenvalue weighted by molar-refractivity contribution is 6.07. The van der Waals surface area contributed by atoms with E-state index in [1.165, 1.54) is 21.8 Å². The number of tetrazole rings is 1. The molecule has 4 rings (SSSR count). The van der Waals surface area contributed by atoms with E-state index < -0.39 is 0 Å². The summed E-state index contributed by atoms with van der Waals surface area (Å²) in [5.74, 6) is 0.895. The number of benzene rings is 2. The number of fused-ring (bicyclic) bond motifs is 3. The monoisotopic (exact) mass is 418 g/mol. The van der Waals surface area contributed by atoms with Gasteiger partial charge in [0, 0.05) is 28.4 Å². The molecule has 6 heteroatoms. The number of aryl methyl sites for hydroxylation is 1. The fourth-order valence-corrected chi connectivity index (χ4v) is 4.97. The summed E-state index contributed by atoms with van der Waals surface area (Å²) in [6.45, 7) is 13.7. The Morgan fingerprint density at radius 1 is 0.871 bits per heavy atom. The molecule has 0 aliphatic carbocycles. The Hall–Kier alpha value is -2.73. The zero-order chi connectivity index (χ0) is 22.1. The number of nitrogens with zero attached hydrogens (tertiary/aromatic N) is 5. The topological polar surface area (TPSA) is 60.6 Å². The van der Waals surface area contributed by atoms with Gasteiger partial charge in [-0.15, -0.1) is 5.10 Å². The lowest BCUT2D eigenvalue weighted by Gasteiger charge is -2.32. The lowest BCUT2D eigenvalue weighted by atomic mass is 9.82. The van der Waals surface area contributed by atoms with Gasteiger partial charge in [-0.25, -0.2) is 4.68 Å². The van der Waals surface area contributed by atoms with Crippen LogP contribution in [-0.2, 0) is 18.6 Å². The second kappa shape index (κ2) is 8.42. The van der Waals surface area contributed by atoms with Gasteiger partial charge in [-0.05, 0) is 61.2 Å². The Bertz CT molecular complexity index is 1110. The summed E-state index contributed by atoms with van der Waals surface area (Å²) in [5, 5.41) is 18.7. The standard InChI is InChI=1S/C25H34N6/c1-24(2,3)18-25(4,5)31-23(27-28-29-31)17-26-15-10-16-30-21-13-8-6-11-19(21)20-12-7-9-14-22(20)30/h6-9,11-14,26H,10,15-18H2,1-5H3. The first-order valence-corrected chi connectivity index (χ1v) is 11.2. The minimum Gasteiger partial charge on any atom is -0.340 e. The number of aromatic nitrogens is 5. The number of hydrogen-bond donors (Lipinski definition) is 1. The molecule has 0 bridgehead atoms. The summed E-state index contributed by atoms with van der Waals surface area (Å²) in [4.78, 5) is 0. The summed E-state index contributed by atoms with van der Waals surface area (Å²) in [6.07, 6.45) is 2.04. The fraction of sp³-hybridized carbons (Fsp3) is 0.480. The van der Waals surface area contributed by atoms with Crippen molar-refractivity contribution in [2.45, 2.75) is 66.1 Å². The van der Waals surface area contributed by atoms with Crippen LogP contribution in [0.5, 0.6) is 0 Å². The summed E-state index contributed by atoms with van der Waals surface area (Å²) in [6, 6.07) is 17.3. The van der Waals surface area contributed by atoms with Crippen molar-refractivity contribution >= 4 is 21.8 Å². The molecule has 1 N–H and O–H groups in total. The van der Waals surface area contributed by atoms with E-state index in [1.54, 1.807) is 0 Å². The molecule has 6 nitrogen and oxygen atoms in total.